The first-order valence-corrected chi connectivity index (χ1v) is 6.78. The highest BCUT2D eigenvalue weighted by atomic mass is 16.5. The fourth-order valence-corrected chi connectivity index (χ4v) is 2.02. The van der Waals surface area contributed by atoms with Crippen LogP contribution >= 0.6 is 0 Å². The lowest BCUT2D eigenvalue weighted by Gasteiger charge is -2.36. The minimum Gasteiger partial charge on any atom is -0.497 e. The van der Waals surface area contributed by atoms with Crippen molar-refractivity contribution >= 4 is 0 Å². The van der Waals surface area contributed by atoms with E-state index in [9.17, 15) is 5.11 Å². The minimum atomic E-state index is -0.472. The first-order valence-electron chi connectivity index (χ1n) is 6.78. The summed E-state index contributed by atoms with van der Waals surface area (Å²) in [5.41, 5.74) is 1.13. The van der Waals surface area contributed by atoms with Gasteiger partial charge >= 0.3 is 0 Å². The number of nitrogens with zero attached hydrogens (tertiary/aromatic N) is 1. The predicted octanol–water partition coefficient (Wildman–Crippen LogP) is 3.10. The van der Waals surface area contributed by atoms with Gasteiger partial charge in [-0.05, 0) is 37.1 Å². The maximum atomic E-state index is 10.3. The van der Waals surface area contributed by atoms with Gasteiger partial charge < -0.3 is 14.7 Å². The standard InChI is InChI=1S/C16H27NO2/c1-12(16(2,3)4)17(5)11-15(18)13-7-9-14(19-6)10-8-13/h7-10,12,15,18H,11H2,1-6H3. The van der Waals surface area contributed by atoms with E-state index in [1.807, 2.05) is 24.3 Å². The van der Waals surface area contributed by atoms with E-state index < -0.39 is 6.10 Å². The molecule has 0 spiro atoms. The molecule has 19 heavy (non-hydrogen) atoms. The number of hydrogen-bond donors (Lipinski definition) is 1. The molecule has 0 aromatic heterocycles. The Kier molecular flexibility index (Phi) is 5.39. The first-order chi connectivity index (χ1) is 8.75. The molecule has 1 aromatic carbocycles. The Hall–Kier alpha value is -1.06. The zero-order valence-electron chi connectivity index (χ0n) is 13.0. The van der Waals surface area contributed by atoms with Crippen LogP contribution in [0, 0.1) is 5.41 Å². The van der Waals surface area contributed by atoms with E-state index in [0.29, 0.717) is 12.6 Å². The van der Waals surface area contributed by atoms with E-state index in [1.54, 1.807) is 7.11 Å². The summed E-state index contributed by atoms with van der Waals surface area (Å²) < 4.78 is 5.12. The molecule has 0 bridgehead atoms. The van der Waals surface area contributed by atoms with Crippen LogP contribution in [0.25, 0.3) is 0 Å². The summed E-state index contributed by atoms with van der Waals surface area (Å²) in [5.74, 6) is 0.812. The Morgan fingerprint density at radius 3 is 2.16 bits per heavy atom. The zero-order chi connectivity index (χ0) is 14.6. The van der Waals surface area contributed by atoms with Crippen LogP contribution in [0.5, 0.6) is 5.75 Å². The fourth-order valence-electron chi connectivity index (χ4n) is 2.02. The van der Waals surface area contributed by atoms with Gasteiger partial charge in [-0.2, -0.15) is 0 Å². The van der Waals surface area contributed by atoms with Crippen LogP contribution in [0.4, 0.5) is 0 Å². The van der Waals surface area contributed by atoms with Crippen molar-refractivity contribution in [3.8, 4) is 5.75 Å². The third-order valence-corrected chi connectivity index (χ3v) is 3.88. The van der Waals surface area contributed by atoms with E-state index in [4.69, 9.17) is 4.74 Å². The summed E-state index contributed by atoms with van der Waals surface area (Å²) in [6.07, 6.45) is -0.472. The summed E-state index contributed by atoms with van der Waals surface area (Å²) in [6, 6.07) is 8.00. The van der Waals surface area contributed by atoms with Crippen LogP contribution in [0.2, 0.25) is 0 Å². The van der Waals surface area contributed by atoms with E-state index in [0.717, 1.165) is 11.3 Å². The number of aliphatic hydroxyl groups excluding tert-OH is 1. The highest BCUT2D eigenvalue weighted by Gasteiger charge is 2.25. The van der Waals surface area contributed by atoms with Crippen molar-refractivity contribution in [3.63, 3.8) is 0 Å². The lowest BCUT2D eigenvalue weighted by Crippen LogP contribution is -2.41. The fraction of sp³-hybridized carbons (Fsp3) is 0.625. The number of hydrogen-bond acceptors (Lipinski definition) is 3. The lowest BCUT2D eigenvalue weighted by atomic mass is 9.87. The highest BCUT2D eigenvalue weighted by Crippen LogP contribution is 2.25. The maximum Gasteiger partial charge on any atom is 0.118 e. The molecule has 3 nitrogen and oxygen atoms in total. The van der Waals surface area contributed by atoms with E-state index in [2.05, 4.69) is 39.6 Å². The van der Waals surface area contributed by atoms with Crippen molar-refractivity contribution in [2.75, 3.05) is 20.7 Å². The maximum absolute atomic E-state index is 10.3. The molecule has 108 valence electrons. The van der Waals surface area contributed by atoms with Gasteiger partial charge in [0.1, 0.15) is 5.75 Å². The van der Waals surface area contributed by atoms with Gasteiger partial charge in [-0.3, -0.25) is 0 Å². The molecule has 1 N–H and O–H groups in total. The molecule has 3 heteroatoms. The van der Waals surface area contributed by atoms with Crippen LogP contribution in [-0.4, -0.2) is 36.8 Å². The Bertz CT molecular complexity index is 381. The molecule has 1 aromatic rings. The number of ether oxygens (including phenoxy) is 1. The second-order valence-corrected chi connectivity index (χ2v) is 6.27. The number of benzene rings is 1. The Morgan fingerprint density at radius 1 is 1.21 bits per heavy atom. The third kappa shape index (κ3) is 4.51. The average Bonchev–Trinajstić information content (AvgIpc) is 2.36. The summed E-state index contributed by atoms with van der Waals surface area (Å²) in [7, 11) is 3.70. The molecule has 0 aliphatic carbocycles. The predicted molar refractivity (Wildman–Crippen MR) is 79.5 cm³/mol. The van der Waals surface area contributed by atoms with Gasteiger partial charge in [0.15, 0.2) is 0 Å². The van der Waals surface area contributed by atoms with Crippen molar-refractivity contribution in [2.45, 2.75) is 39.8 Å². The van der Waals surface area contributed by atoms with E-state index in [1.165, 1.54) is 0 Å². The summed E-state index contributed by atoms with van der Waals surface area (Å²) in [6.45, 7) is 9.47. The smallest absolute Gasteiger partial charge is 0.118 e. The van der Waals surface area contributed by atoms with Crippen molar-refractivity contribution in [1.29, 1.82) is 0 Å². The summed E-state index contributed by atoms with van der Waals surface area (Å²) in [5, 5.41) is 10.3. The normalized spacial score (nSPS) is 15.4. The van der Waals surface area contributed by atoms with Crippen LogP contribution in [0.3, 0.4) is 0 Å². The van der Waals surface area contributed by atoms with Gasteiger partial charge in [0.2, 0.25) is 0 Å². The van der Waals surface area contributed by atoms with Gasteiger partial charge in [0.25, 0.3) is 0 Å². The van der Waals surface area contributed by atoms with E-state index >= 15 is 0 Å². The molecule has 2 unspecified atom stereocenters. The molecule has 0 saturated heterocycles. The van der Waals surface area contributed by atoms with Gasteiger partial charge in [-0.1, -0.05) is 32.9 Å². The molecule has 0 heterocycles. The lowest BCUT2D eigenvalue weighted by molar-refractivity contribution is 0.0715. The molecular weight excluding hydrogens is 238 g/mol. The first kappa shape index (κ1) is 16.0. The van der Waals surface area contributed by atoms with Crippen molar-refractivity contribution < 1.29 is 9.84 Å². The Labute approximate surface area is 117 Å². The molecule has 0 saturated carbocycles. The topological polar surface area (TPSA) is 32.7 Å². The number of rotatable bonds is 5. The average molecular weight is 265 g/mol. The minimum absolute atomic E-state index is 0.203. The number of aliphatic hydroxyl groups is 1. The van der Waals surface area contributed by atoms with Gasteiger partial charge in [0.05, 0.1) is 13.2 Å². The van der Waals surface area contributed by atoms with Gasteiger partial charge in [0, 0.05) is 12.6 Å². The Balaban J connectivity index is 2.65. The van der Waals surface area contributed by atoms with Crippen molar-refractivity contribution in [2.24, 2.45) is 5.41 Å². The van der Waals surface area contributed by atoms with Crippen molar-refractivity contribution in [1.82, 2.24) is 4.90 Å². The zero-order valence-corrected chi connectivity index (χ0v) is 13.0. The molecule has 0 aliphatic rings. The number of methoxy groups -OCH3 is 1. The van der Waals surface area contributed by atoms with Crippen LogP contribution < -0.4 is 4.74 Å². The van der Waals surface area contributed by atoms with Crippen LogP contribution in [0.15, 0.2) is 24.3 Å². The van der Waals surface area contributed by atoms with Gasteiger partial charge in [-0.25, -0.2) is 0 Å². The highest BCUT2D eigenvalue weighted by molar-refractivity contribution is 5.28. The largest absolute Gasteiger partial charge is 0.497 e. The molecule has 1 rings (SSSR count). The van der Waals surface area contributed by atoms with Crippen LogP contribution in [0.1, 0.15) is 39.4 Å². The Morgan fingerprint density at radius 2 is 1.74 bits per heavy atom. The van der Waals surface area contributed by atoms with E-state index in [-0.39, 0.29) is 5.41 Å². The second-order valence-electron chi connectivity index (χ2n) is 6.27. The molecule has 0 amide bonds. The summed E-state index contributed by atoms with van der Waals surface area (Å²) in [4.78, 5) is 2.20. The monoisotopic (exact) mass is 265 g/mol. The molecule has 2 atom stereocenters. The molecule has 0 radical (unpaired) electrons. The third-order valence-electron chi connectivity index (χ3n) is 3.88. The molecule has 0 fully saturated rings. The summed E-state index contributed by atoms with van der Waals surface area (Å²) >= 11 is 0. The number of likely N-dealkylation sites (N-methyl/N-ethyl adjacent to an activating group) is 1. The van der Waals surface area contributed by atoms with Crippen molar-refractivity contribution in [3.05, 3.63) is 29.8 Å². The SMILES string of the molecule is COc1ccc(C(O)CN(C)C(C)C(C)(C)C)cc1. The second kappa shape index (κ2) is 6.40. The molecular formula is C16H27NO2. The van der Waals surface area contributed by atoms with Gasteiger partial charge in [-0.15, -0.1) is 0 Å². The van der Waals surface area contributed by atoms with Crippen LogP contribution in [-0.2, 0) is 0 Å². The molecule has 0 aliphatic heterocycles. The quantitative estimate of drug-likeness (QED) is 0.888.